The fraction of sp³-hybridized carbons (Fsp3) is 0.238. The van der Waals surface area contributed by atoms with E-state index in [4.69, 9.17) is 10.5 Å². The molecule has 0 aliphatic rings. The van der Waals surface area contributed by atoms with E-state index in [0.29, 0.717) is 18.1 Å². The molecule has 27 heavy (non-hydrogen) atoms. The summed E-state index contributed by atoms with van der Waals surface area (Å²) in [6, 6.07) is 21.0. The summed E-state index contributed by atoms with van der Waals surface area (Å²) in [5, 5.41) is 7.44. The number of amides is 1. The molecule has 0 saturated heterocycles. The number of nitrogens with two attached hydrogens (primary N) is 1. The fourth-order valence-corrected chi connectivity index (χ4v) is 2.73. The van der Waals surface area contributed by atoms with Crippen molar-refractivity contribution in [2.75, 3.05) is 12.3 Å². The van der Waals surface area contributed by atoms with Crippen LogP contribution in [0.25, 0.3) is 5.69 Å². The summed E-state index contributed by atoms with van der Waals surface area (Å²) in [5.74, 6) is 1.15. The van der Waals surface area contributed by atoms with Crippen molar-refractivity contribution in [2.45, 2.75) is 25.9 Å². The van der Waals surface area contributed by atoms with Crippen LogP contribution >= 0.6 is 0 Å². The minimum atomic E-state index is -0.541. The van der Waals surface area contributed by atoms with Gasteiger partial charge < -0.3 is 15.8 Å². The van der Waals surface area contributed by atoms with Gasteiger partial charge in [-0.05, 0) is 44.0 Å². The molecule has 6 nitrogen and oxygen atoms in total. The number of anilines is 1. The predicted octanol–water partition coefficient (Wildman–Crippen LogP) is 2.97. The minimum absolute atomic E-state index is 0.131. The topological polar surface area (TPSA) is 82.2 Å². The highest BCUT2D eigenvalue weighted by Crippen LogP contribution is 2.15. The van der Waals surface area contributed by atoms with Gasteiger partial charge in [-0.1, -0.05) is 36.4 Å². The highest BCUT2D eigenvalue weighted by Gasteiger charge is 2.14. The Morgan fingerprint density at radius 3 is 2.52 bits per heavy atom. The Balaban J connectivity index is 1.44. The van der Waals surface area contributed by atoms with Crippen LogP contribution in [-0.4, -0.2) is 28.3 Å². The van der Waals surface area contributed by atoms with Crippen LogP contribution in [0.3, 0.4) is 0 Å². The van der Waals surface area contributed by atoms with Crippen LogP contribution in [0.5, 0.6) is 5.75 Å². The van der Waals surface area contributed by atoms with Crippen molar-refractivity contribution in [3.63, 3.8) is 0 Å². The summed E-state index contributed by atoms with van der Waals surface area (Å²) < 4.78 is 7.34. The second-order valence-corrected chi connectivity index (χ2v) is 6.28. The number of ether oxygens (including phenoxy) is 1. The summed E-state index contributed by atoms with van der Waals surface area (Å²) in [5.41, 5.74) is 7.89. The molecule has 1 amide bonds. The molecule has 0 aliphatic heterocycles. The standard InChI is InChI=1S/C21H24N4O2/c1-16(27-19-12-6-3-7-13-19)21(26)23-14-8-9-17-15-20(22)25(24-17)18-10-4-2-5-11-18/h2-7,10-13,15-16H,8-9,14,22H2,1H3,(H,23,26). The Morgan fingerprint density at radius 2 is 1.81 bits per heavy atom. The molecule has 1 atom stereocenters. The van der Waals surface area contributed by atoms with E-state index >= 15 is 0 Å². The number of aryl methyl sites for hydroxylation is 1. The number of aromatic nitrogens is 2. The van der Waals surface area contributed by atoms with Gasteiger partial charge in [0.25, 0.3) is 5.91 Å². The molecule has 0 spiro atoms. The molecule has 0 aliphatic carbocycles. The Hall–Kier alpha value is -3.28. The van der Waals surface area contributed by atoms with E-state index in [1.54, 1.807) is 11.6 Å². The molecule has 2 aromatic carbocycles. The van der Waals surface area contributed by atoms with Gasteiger partial charge in [-0.25, -0.2) is 4.68 Å². The van der Waals surface area contributed by atoms with Gasteiger partial charge in [0.1, 0.15) is 11.6 Å². The molecule has 0 saturated carbocycles. The quantitative estimate of drug-likeness (QED) is 0.602. The van der Waals surface area contributed by atoms with Gasteiger partial charge in [-0.2, -0.15) is 5.10 Å². The minimum Gasteiger partial charge on any atom is -0.481 e. The first kappa shape index (κ1) is 18.5. The number of nitrogens with zero attached hydrogens (tertiary/aromatic N) is 2. The molecule has 0 bridgehead atoms. The van der Waals surface area contributed by atoms with Gasteiger partial charge in [0, 0.05) is 12.6 Å². The Bertz CT molecular complexity index is 862. The molecule has 6 heteroatoms. The SMILES string of the molecule is CC(Oc1ccccc1)C(=O)NCCCc1cc(N)n(-c2ccccc2)n1. The second-order valence-electron chi connectivity index (χ2n) is 6.28. The van der Waals surface area contributed by atoms with Crippen LogP contribution < -0.4 is 15.8 Å². The lowest BCUT2D eigenvalue weighted by molar-refractivity contribution is -0.127. The number of benzene rings is 2. The lowest BCUT2D eigenvalue weighted by Gasteiger charge is -2.14. The summed E-state index contributed by atoms with van der Waals surface area (Å²) in [6.45, 7) is 2.30. The van der Waals surface area contributed by atoms with Crippen molar-refractivity contribution in [3.05, 3.63) is 72.4 Å². The summed E-state index contributed by atoms with van der Waals surface area (Å²) in [4.78, 5) is 12.1. The first-order chi connectivity index (χ1) is 13.1. The maximum atomic E-state index is 12.1. The Morgan fingerprint density at radius 1 is 1.15 bits per heavy atom. The lowest BCUT2D eigenvalue weighted by Crippen LogP contribution is -2.36. The maximum absolute atomic E-state index is 12.1. The number of rotatable bonds is 8. The van der Waals surface area contributed by atoms with Crippen molar-refractivity contribution in [1.29, 1.82) is 0 Å². The van der Waals surface area contributed by atoms with Gasteiger partial charge in [0.2, 0.25) is 0 Å². The van der Waals surface area contributed by atoms with Gasteiger partial charge in [0.15, 0.2) is 6.10 Å². The molecule has 3 rings (SSSR count). The number of nitrogens with one attached hydrogen (secondary N) is 1. The van der Waals surface area contributed by atoms with Crippen LogP contribution in [0.4, 0.5) is 5.82 Å². The average molecular weight is 364 g/mol. The third-order valence-corrected chi connectivity index (χ3v) is 4.12. The van der Waals surface area contributed by atoms with Crippen LogP contribution in [-0.2, 0) is 11.2 Å². The number of carbonyl (C=O) groups excluding carboxylic acids is 1. The smallest absolute Gasteiger partial charge is 0.260 e. The van der Waals surface area contributed by atoms with Crippen LogP contribution in [0.1, 0.15) is 19.0 Å². The number of para-hydroxylation sites is 2. The molecule has 3 aromatic rings. The van der Waals surface area contributed by atoms with E-state index < -0.39 is 6.10 Å². The third kappa shape index (κ3) is 5.10. The van der Waals surface area contributed by atoms with Crippen LogP contribution in [0.15, 0.2) is 66.7 Å². The zero-order valence-electron chi connectivity index (χ0n) is 15.3. The first-order valence-corrected chi connectivity index (χ1v) is 9.03. The van der Waals surface area contributed by atoms with E-state index in [-0.39, 0.29) is 5.91 Å². The Kier molecular flexibility index (Phi) is 6.10. The molecular formula is C21H24N4O2. The average Bonchev–Trinajstić information content (AvgIpc) is 3.07. The molecule has 1 unspecified atom stereocenters. The van der Waals surface area contributed by atoms with Crippen molar-refractivity contribution >= 4 is 11.7 Å². The van der Waals surface area contributed by atoms with E-state index in [0.717, 1.165) is 24.2 Å². The van der Waals surface area contributed by atoms with Crippen molar-refractivity contribution in [2.24, 2.45) is 0 Å². The Labute approximate surface area is 159 Å². The van der Waals surface area contributed by atoms with Gasteiger partial charge in [0.05, 0.1) is 11.4 Å². The number of hydrogen-bond donors (Lipinski definition) is 2. The van der Waals surface area contributed by atoms with E-state index in [2.05, 4.69) is 10.4 Å². The fourth-order valence-electron chi connectivity index (χ4n) is 2.73. The highest BCUT2D eigenvalue weighted by atomic mass is 16.5. The first-order valence-electron chi connectivity index (χ1n) is 9.03. The van der Waals surface area contributed by atoms with Crippen molar-refractivity contribution in [3.8, 4) is 11.4 Å². The summed E-state index contributed by atoms with van der Waals surface area (Å²) in [7, 11) is 0. The summed E-state index contributed by atoms with van der Waals surface area (Å²) in [6.07, 6.45) is 0.966. The monoisotopic (exact) mass is 364 g/mol. The second kappa shape index (κ2) is 8.89. The van der Waals surface area contributed by atoms with Crippen LogP contribution in [0, 0.1) is 0 Å². The number of carbonyl (C=O) groups is 1. The van der Waals surface area contributed by atoms with Gasteiger partial charge in [-0.3, -0.25) is 4.79 Å². The number of nitrogen functional groups attached to an aromatic ring is 1. The number of hydrogen-bond acceptors (Lipinski definition) is 4. The van der Waals surface area contributed by atoms with Gasteiger partial charge >= 0.3 is 0 Å². The predicted molar refractivity (Wildman–Crippen MR) is 106 cm³/mol. The van der Waals surface area contributed by atoms with Crippen molar-refractivity contribution in [1.82, 2.24) is 15.1 Å². The summed E-state index contributed by atoms with van der Waals surface area (Å²) >= 11 is 0. The molecular weight excluding hydrogens is 340 g/mol. The largest absolute Gasteiger partial charge is 0.481 e. The third-order valence-electron chi connectivity index (χ3n) is 4.12. The van der Waals surface area contributed by atoms with E-state index in [1.165, 1.54) is 0 Å². The maximum Gasteiger partial charge on any atom is 0.260 e. The normalized spacial score (nSPS) is 11.7. The molecule has 1 heterocycles. The molecule has 0 radical (unpaired) electrons. The molecule has 1 aromatic heterocycles. The lowest BCUT2D eigenvalue weighted by atomic mass is 10.2. The van der Waals surface area contributed by atoms with Gasteiger partial charge in [-0.15, -0.1) is 0 Å². The van der Waals surface area contributed by atoms with E-state index in [9.17, 15) is 4.79 Å². The zero-order chi connectivity index (χ0) is 19.1. The van der Waals surface area contributed by atoms with Crippen molar-refractivity contribution < 1.29 is 9.53 Å². The van der Waals surface area contributed by atoms with Crippen LogP contribution in [0.2, 0.25) is 0 Å². The zero-order valence-corrected chi connectivity index (χ0v) is 15.3. The molecule has 140 valence electrons. The molecule has 0 fully saturated rings. The highest BCUT2D eigenvalue weighted by molar-refractivity contribution is 5.80. The molecule has 3 N–H and O–H groups in total. The van der Waals surface area contributed by atoms with E-state index in [1.807, 2.05) is 66.7 Å².